The van der Waals surface area contributed by atoms with E-state index in [1.807, 2.05) is 97.1 Å². The number of rotatable bonds is 10. The van der Waals surface area contributed by atoms with Crippen LogP contribution >= 0.6 is 23.5 Å². The molecule has 0 saturated carbocycles. The summed E-state index contributed by atoms with van der Waals surface area (Å²) in [5.74, 6) is -0.123. The van der Waals surface area contributed by atoms with E-state index in [4.69, 9.17) is 0 Å². The topological polar surface area (TPSA) is 145 Å². The van der Waals surface area contributed by atoms with Crippen molar-refractivity contribution in [2.45, 2.75) is 10.3 Å². The lowest BCUT2D eigenvalue weighted by molar-refractivity contribution is -0.114. The molecule has 0 aliphatic carbocycles. The minimum Gasteiger partial charge on any atom is -0.325 e. The van der Waals surface area contributed by atoms with Crippen molar-refractivity contribution in [2.24, 2.45) is 0 Å². The second-order valence-corrected chi connectivity index (χ2v) is 10.8. The molecule has 0 spiro atoms. The van der Waals surface area contributed by atoms with Crippen LogP contribution in [-0.2, 0) is 9.59 Å². The molecule has 0 radical (unpaired) electrons. The number of thioether (sulfide) groups is 2. The average molecular weight is 595 g/mol. The summed E-state index contributed by atoms with van der Waals surface area (Å²) in [5.41, 5.74) is 2.91. The Bertz CT molecular complexity index is 1710. The number of tetrazole rings is 2. The van der Waals surface area contributed by atoms with E-state index >= 15 is 0 Å². The van der Waals surface area contributed by atoms with Gasteiger partial charge in [0.15, 0.2) is 0 Å². The van der Waals surface area contributed by atoms with Crippen molar-refractivity contribution < 1.29 is 9.59 Å². The zero-order valence-electron chi connectivity index (χ0n) is 21.9. The van der Waals surface area contributed by atoms with Crippen molar-refractivity contribution in [1.29, 1.82) is 0 Å². The fourth-order valence-corrected chi connectivity index (χ4v) is 5.44. The molecule has 14 heteroatoms. The molecule has 6 rings (SSSR count). The van der Waals surface area contributed by atoms with E-state index in [2.05, 4.69) is 41.7 Å². The van der Waals surface area contributed by atoms with Gasteiger partial charge in [-0.05, 0) is 80.2 Å². The van der Waals surface area contributed by atoms with Gasteiger partial charge >= 0.3 is 0 Å². The van der Waals surface area contributed by atoms with E-state index in [0.29, 0.717) is 21.7 Å². The Labute approximate surface area is 247 Å². The van der Waals surface area contributed by atoms with Gasteiger partial charge in [0, 0.05) is 11.4 Å². The highest BCUT2D eigenvalue weighted by molar-refractivity contribution is 8.00. The highest BCUT2D eigenvalue weighted by atomic mass is 32.2. The number of aromatic nitrogens is 8. The smallest absolute Gasteiger partial charge is 0.234 e. The van der Waals surface area contributed by atoms with Crippen LogP contribution in [0.4, 0.5) is 11.4 Å². The number of anilines is 2. The van der Waals surface area contributed by atoms with E-state index in [0.717, 1.165) is 22.1 Å². The molecule has 0 bridgehead atoms. The van der Waals surface area contributed by atoms with Crippen LogP contribution < -0.4 is 10.6 Å². The van der Waals surface area contributed by atoms with Crippen LogP contribution in [0.25, 0.3) is 22.1 Å². The van der Waals surface area contributed by atoms with Gasteiger partial charge in [0.2, 0.25) is 22.1 Å². The minimum absolute atomic E-state index is 0.132. The number of nitrogens with one attached hydrogen (secondary N) is 2. The molecule has 4 aromatic carbocycles. The first-order valence-corrected chi connectivity index (χ1v) is 14.7. The number of fused-ring (bicyclic) bond motifs is 1. The van der Waals surface area contributed by atoms with Gasteiger partial charge in [0.25, 0.3) is 0 Å². The molecule has 0 saturated heterocycles. The molecule has 2 amide bonds. The van der Waals surface area contributed by atoms with Crippen molar-refractivity contribution in [3.05, 3.63) is 97.1 Å². The summed E-state index contributed by atoms with van der Waals surface area (Å²) in [6, 6.07) is 30.2. The molecule has 2 aromatic heterocycles. The van der Waals surface area contributed by atoms with E-state index in [1.54, 1.807) is 9.36 Å². The van der Waals surface area contributed by atoms with Gasteiger partial charge < -0.3 is 10.6 Å². The first-order valence-electron chi connectivity index (χ1n) is 12.7. The first-order chi connectivity index (χ1) is 20.6. The van der Waals surface area contributed by atoms with Gasteiger partial charge in [0.05, 0.1) is 22.9 Å². The molecule has 0 fully saturated rings. The fraction of sp³-hybridized carbons (Fsp3) is 0.0714. The molecular formula is C28H22N10O2S2. The third-order valence-corrected chi connectivity index (χ3v) is 7.79. The van der Waals surface area contributed by atoms with Gasteiger partial charge in [-0.15, -0.1) is 10.2 Å². The standard InChI is InChI=1S/C28H22N10O2S2/c39-25(17-41-27-31-33-35-37(27)23-7-3-1-4-8-23)29-21-13-11-19-12-14-22(16-20(19)15-21)30-26(40)18-42-28-32-34-36-38(28)24-9-5-2-6-10-24/h1-16H,17-18H2,(H,29,39)(H,30,40). The minimum atomic E-state index is -0.193. The Kier molecular flexibility index (Phi) is 8.14. The van der Waals surface area contributed by atoms with Crippen LogP contribution in [0.15, 0.2) is 107 Å². The molecule has 0 atom stereocenters. The van der Waals surface area contributed by atoms with Gasteiger partial charge in [-0.1, -0.05) is 72.1 Å². The van der Waals surface area contributed by atoms with Crippen LogP contribution in [0.1, 0.15) is 0 Å². The Balaban J connectivity index is 1.05. The number of para-hydroxylation sites is 2. The molecule has 208 valence electrons. The van der Waals surface area contributed by atoms with Gasteiger partial charge in [-0.25, -0.2) is 0 Å². The number of hydrogen-bond donors (Lipinski definition) is 2. The quantitative estimate of drug-likeness (QED) is 0.221. The van der Waals surface area contributed by atoms with E-state index in [-0.39, 0.29) is 23.3 Å². The third-order valence-electron chi connectivity index (χ3n) is 5.96. The second kappa shape index (κ2) is 12.6. The fourth-order valence-electron chi connectivity index (χ4n) is 4.06. The predicted molar refractivity (Wildman–Crippen MR) is 161 cm³/mol. The van der Waals surface area contributed by atoms with Crippen molar-refractivity contribution in [1.82, 2.24) is 40.4 Å². The maximum Gasteiger partial charge on any atom is 0.234 e. The van der Waals surface area contributed by atoms with Crippen molar-refractivity contribution in [3.8, 4) is 11.4 Å². The molecule has 0 aliphatic rings. The lowest BCUT2D eigenvalue weighted by Gasteiger charge is -2.09. The zero-order chi connectivity index (χ0) is 28.7. The lowest BCUT2D eigenvalue weighted by Crippen LogP contribution is -2.15. The first kappa shape index (κ1) is 27.1. The highest BCUT2D eigenvalue weighted by Gasteiger charge is 2.13. The summed E-state index contributed by atoms with van der Waals surface area (Å²) in [4.78, 5) is 25.4. The van der Waals surface area contributed by atoms with E-state index in [1.165, 1.54) is 23.5 Å². The molecule has 42 heavy (non-hydrogen) atoms. The van der Waals surface area contributed by atoms with Crippen molar-refractivity contribution >= 4 is 57.5 Å². The maximum atomic E-state index is 12.7. The monoisotopic (exact) mass is 594 g/mol. The largest absolute Gasteiger partial charge is 0.325 e. The predicted octanol–water partition coefficient (Wildman–Crippen LogP) is 4.25. The van der Waals surface area contributed by atoms with Gasteiger partial charge in [-0.2, -0.15) is 9.36 Å². The third kappa shape index (κ3) is 6.45. The van der Waals surface area contributed by atoms with Crippen molar-refractivity contribution in [2.75, 3.05) is 22.1 Å². The van der Waals surface area contributed by atoms with Crippen LogP contribution in [0, 0.1) is 0 Å². The summed E-state index contributed by atoms with van der Waals surface area (Å²) < 4.78 is 3.18. The van der Waals surface area contributed by atoms with Crippen LogP contribution in [-0.4, -0.2) is 63.7 Å². The molecule has 0 unspecified atom stereocenters. The summed E-state index contributed by atoms with van der Waals surface area (Å²) >= 11 is 2.49. The Morgan fingerprint density at radius 2 is 1.05 bits per heavy atom. The van der Waals surface area contributed by atoms with Gasteiger partial charge in [0.1, 0.15) is 0 Å². The summed E-state index contributed by atoms with van der Waals surface area (Å²) in [7, 11) is 0. The summed E-state index contributed by atoms with van der Waals surface area (Å²) in [6.45, 7) is 0. The second-order valence-electron chi connectivity index (χ2n) is 8.87. The Morgan fingerprint density at radius 3 is 1.50 bits per heavy atom. The molecular weight excluding hydrogens is 573 g/mol. The average Bonchev–Trinajstić information content (AvgIpc) is 3.70. The Morgan fingerprint density at radius 1 is 0.595 bits per heavy atom. The number of carbonyl (C=O) groups is 2. The van der Waals surface area contributed by atoms with Crippen LogP contribution in [0.5, 0.6) is 0 Å². The number of benzene rings is 4. The maximum absolute atomic E-state index is 12.7. The Hall–Kier alpha value is -5.08. The van der Waals surface area contributed by atoms with Crippen LogP contribution in [0.3, 0.4) is 0 Å². The van der Waals surface area contributed by atoms with Gasteiger partial charge in [-0.3, -0.25) is 9.59 Å². The SMILES string of the molecule is O=C(CSc1nnnn1-c1ccccc1)Nc1ccc2ccc(NC(=O)CSc3nnnn3-c3ccccc3)cc2c1. The van der Waals surface area contributed by atoms with Crippen LogP contribution in [0.2, 0.25) is 0 Å². The molecule has 12 nitrogen and oxygen atoms in total. The van der Waals surface area contributed by atoms with E-state index in [9.17, 15) is 9.59 Å². The molecule has 2 heterocycles. The zero-order valence-corrected chi connectivity index (χ0v) is 23.5. The number of hydrogen-bond acceptors (Lipinski definition) is 10. The molecule has 6 aromatic rings. The molecule has 0 aliphatic heterocycles. The summed E-state index contributed by atoms with van der Waals surface area (Å²) in [6.07, 6.45) is 0. The van der Waals surface area contributed by atoms with E-state index < -0.39 is 0 Å². The summed E-state index contributed by atoms with van der Waals surface area (Å²) in [5, 5.41) is 32.3. The van der Waals surface area contributed by atoms with Crippen molar-refractivity contribution in [3.63, 3.8) is 0 Å². The lowest BCUT2D eigenvalue weighted by atomic mass is 10.1. The highest BCUT2D eigenvalue weighted by Crippen LogP contribution is 2.25. The normalized spacial score (nSPS) is 11.0. The number of carbonyl (C=O) groups excluding carboxylic acids is 2. The molecule has 2 N–H and O–H groups in total. The number of amides is 2. The number of nitrogens with zero attached hydrogens (tertiary/aromatic N) is 8.